The summed E-state index contributed by atoms with van der Waals surface area (Å²) in [6.45, 7) is 2.00. The summed E-state index contributed by atoms with van der Waals surface area (Å²) in [4.78, 5) is 17.1. The molecule has 1 amide bonds. The highest BCUT2D eigenvalue weighted by atomic mass is 19.1. The standard InChI is InChI=1S/C22H17FN4O/c1-15-11-13-16(14-12-15)21-25-20(26-27(21)17-7-3-2-4-8-17)22(28)24-19-10-6-5-9-18(19)23/h2-14H,1H3,(H,24,28). The van der Waals surface area contributed by atoms with Crippen molar-refractivity contribution in [1.82, 2.24) is 14.8 Å². The number of hydrogen-bond donors (Lipinski definition) is 1. The van der Waals surface area contributed by atoms with Crippen molar-refractivity contribution in [1.29, 1.82) is 0 Å². The number of halogens is 1. The number of hydrogen-bond acceptors (Lipinski definition) is 3. The Labute approximate surface area is 161 Å². The van der Waals surface area contributed by atoms with Gasteiger partial charge in [0.15, 0.2) is 5.82 Å². The van der Waals surface area contributed by atoms with Gasteiger partial charge in [-0.15, -0.1) is 5.10 Å². The number of aryl methyl sites for hydroxylation is 1. The maximum atomic E-state index is 13.9. The summed E-state index contributed by atoms with van der Waals surface area (Å²) in [5.41, 5.74) is 2.80. The van der Waals surface area contributed by atoms with E-state index in [0.29, 0.717) is 5.82 Å². The third kappa shape index (κ3) is 3.53. The van der Waals surface area contributed by atoms with E-state index in [1.807, 2.05) is 61.5 Å². The molecule has 0 fully saturated rings. The van der Waals surface area contributed by atoms with Crippen LogP contribution in [0.4, 0.5) is 10.1 Å². The summed E-state index contributed by atoms with van der Waals surface area (Å²) in [5, 5.41) is 6.90. The molecule has 0 aliphatic rings. The highest BCUT2D eigenvalue weighted by Gasteiger charge is 2.19. The number of benzene rings is 3. The minimum Gasteiger partial charge on any atom is -0.317 e. The summed E-state index contributed by atoms with van der Waals surface area (Å²) < 4.78 is 15.5. The van der Waals surface area contributed by atoms with Gasteiger partial charge in [0.2, 0.25) is 5.82 Å². The topological polar surface area (TPSA) is 59.8 Å². The summed E-state index contributed by atoms with van der Waals surface area (Å²) in [5.74, 6) is -0.599. The number of aromatic nitrogens is 3. The number of anilines is 1. The number of nitrogens with zero attached hydrogens (tertiary/aromatic N) is 3. The Morgan fingerprint density at radius 1 is 0.929 bits per heavy atom. The number of para-hydroxylation sites is 2. The molecule has 1 heterocycles. The zero-order valence-corrected chi connectivity index (χ0v) is 15.1. The van der Waals surface area contributed by atoms with Crippen LogP contribution in [0.2, 0.25) is 0 Å². The second kappa shape index (κ2) is 7.44. The predicted octanol–water partition coefficient (Wildman–Crippen LogP) is 4.63. The molecule has 138 valence electrons. The molecule has 0 bridgehead atoms. The van der Waals surface area contributed by atoms with Crippen LogP contribution in [0.25, 0.3) is 17.1 Å². The van der Waals surface area contributed by atoms with Crippen molar-refractivity contribution >= 4 is 11.6 Å². The van der Waals surface area contributed by atoms with Crippen LogP contribution in [-0.2, 0) is 0 Å². The van der Waals surface area contributed by atoms with Gasteiger partial charge in [-0.1, -0.05) is 60.2 Å². The van der Waals surface area contributed by atoms with Gasteiger partial charge in [0, 0.05) is 5.56 Å². The molecular formula is C22H17FN4O. The number of amides is 1. The smallest absolute Gasteiger partial charge is 0.295 e. The SMILES string of the molecule is Cc1ccc(-c2nc(C(=O)Nc3ccccc3F)nn2-c2ccccc2)cc1. The quantitative estimate of drug-likeness (QED) is 0.568. The minimum absolute atomic E-state index is 0.0392. The van der Waals surface area contributed by atoms with E-state index in [2.05, 4.69) is 15.4 Å². The molecule has 3 aromatic carbocycles. The second-order valence-electron chi connectivity index (χ2n) is 6.31. The van der Waals surface area contributed by atoms with Crippen LogP contribution in [0.15, 0.2) is 78.9 Å². The van der Waals surface area contributed by atoms with Crippen LogP contribution >= 0.6 is 0 Å². The van der Waals surface area contributed by atoms with Crippen molar-refractivity contribution in [3.63, 3.8) is 0 Å². The van der Waals surface area contributed by atoms with E-state index in [-0.39, 0.29) is 11.5 Å². The van der Waals surface area contributed by atoms with Crippen LogP contribution in [0.5, 0.6) is 0 Å². The number of carbonyl (C=O) groups excluding carboxylic acids is 1. The predicted molar refractivity (Wildman–Crippen MR) is 106 cm³/mol. The number of nitrogens with one attached hydrogen (secondary N) is 1. The highest BCUT2D eigenvalue weighted by molar-refractivity contribution is 6.01. The molecule has 0 spiro atoms. The lowest BCUT2D eigenvalue weighted by atomic mass is 10.1. The highest BCUT2D eigenvalue weighted by Crippen LogP contribution is 2.22. The fourth-order valence-electron chi connectivity index (χ4n) is 2.79. The van der Waals surface area contributed by atoms with Crippen molar-refractivity contribution in [3.8, 4) is 17.1 Å². The maximum Gasteiger partial charge on any atom is 0.295 e. The molecule has 4 aromatic rings. The normalized spacial score (nSPS) is 10.6. The summed E-state index contributed by atoms with van der Waals surface area (Å²) >= 11 is 0. The summed E-state index contributed by atoms with van der Waals surface area (Å²) in [6, 6.07) is 23.2. The number of rotatable bonds is 4. The van der Waals surface area contributed by atoms with Crippen molar-refractivity contribution in [3.05, 3.63) is 96.1 Å². The Balaban J connectivity index is 1.76. The van der Waals surface area contributed by atoms with Crippen molar-refractivity contribution in [2.75, 3.05) is 5.32 Å². The van der Waals surface area contributed by atoms with E-state index in [1.54, 1.807) is 16.8 Å². The Hall–Kier alpha value is -3.80. The molecule has 0 unspecified atom stereocenters. The first-order valence-corrected chi connectivity index (χ1v) is 8.77. The number of carbonyl (C=O) groups is 1. The monoisotopic (exact) mass is 372 g/mol. The van der Waals surface area contributed by atoms with Gasteiger partial charge < -0.3 is 5.32 Å². The fraction of sp³-hybridized carbons (Fsp3) is 0.0455. The van der Waals surface area contributed by atoms with Crippen LogP contribution in [0, 0.1) is 12.7 Å². The summed E-state index contributed by atoms with van der Waals surface area (Å²) in [7, 11) is 0. The van der Waals surface area contributed by atoms with Crippen molar-refractivity contribution in [2.24, 2.45) is 0 Å². The van der Waals surface area contributed by atoms with Crippen molar-refractivity contribution in [2.45, 2.75) is 6.92 Å². The Morgan fingerprint density at radius 2 is 1.61 bits per heavy atom. The lowest BCUT2D eigenvalue weighted by Gasteiger charge is -2.05. The molecule has 5 nitrogen and oxygen atoms in total. The second-order valence-corrected chi connectivity index (χ2v) is 6.31. The van der Waals surface area contributed by atoms with Gasteiger partial charge in [0.05, 0.1) is 11.4 Å². The average molecular weight is 372 g/mol. The van der Waals surface area contributed by atoms with E-state index in [1.165, 1.54) is 12.1 Å². The van der Waals surface area contributed by atoms with Crippen LogP contribution < -0.4 is 5.32 Å². The molecule has 6 heteroatoms. The van der Waals surface area contributed by atoms with E-state index < -0.39 is 11.7 Å². The summed E-state index contributed by atoms with van der Waals surface area (Å²) in [6.07, 6.45) is 0. The molecule has 28 heavy (non-hydrogen) atoms. The van der Waals surface area contributed by atoms with Gasteiger partial charge >= 0.3 is 0 Å². The average Bonchev–Trinajstić information content (AvgIpc) is 3.16. The molecule has 0 atom stereocenters. The third-order valence-corrected chi connectivity index (χ3v) is 4.24. The molecule has 0 saturated carbocycles. The first-order chi connectivity index (χ1) is 13.6. The zero-order chi connectivity index (χ0) is 19.5. The largest absolute Gasteiger partial charge is 0.317 e. The fourth-order valence-corrected chi connectivity index (χ4v) is 2.79. The lowest BCUT2D eigenvalue weighted by Crippen LogP contribution is -2.15. The van der Waals surface area contributed by atoms with E-state index in [9.17, 15) is 9.18 Å². The van der Waals surface area contributed by atoms with E-state index in [4.69, 9.17) is 0 Å². The molecule has 0 saturated heterocycles. The maximum absolute atomic E-state index is 13.9. The lowest BCUT2D eigenvalue weighted by molar-refractivity contribution is 0.101. The molecular weight excluding hydrogens is 355 g/mol. The Kier molecular flexibility index (Phi) is 4.68. The van der Waals surface area contributed by atoms with Crippen LogP contribution in [0.1, 0.15) is 16.2 Å². The molecule has 4 rings (SSSR count). The third-order valence-electron chi connectivity index (χ3n) is 4.24. The van der Waals surface area contributed by atoms with E-state index >= 15 is 0 Å². The Morgan fingerprint density at radius 3 is 2.32 bits per heavy atom. The zero-order valence-electron chi connectivity index (χ0n) is 15.1. The van der Waals surface area contributed by atoms with Gasteiger partial charge in [-0.2, -0.15) is 0 Å². The van der Waals surface area contributed by atoms with Gasteiger partial charge in [-0.05, 0) is 31.2 Å². The molecule has 1 N–H and O–H groups in total. The van der Waals surface area contributed by atoms with Crippen molar-refractivity contribution < 1.29 is 9.18 Å². The van der Waals surface area contributed by atoms with E-state index in [0.717, 1.165) is 16.8 Å². The first kappa shape index (κ1) is 17.6. The van der Waals surface area contributed by atoms with Gasteiger partial charge in [-0.3, -0.25) is 4.79 Å². The van der Waals surface area contributed by atoms with Gasteiger partial charge in [-0.25, -0.2) is 14.1 Å². The molecule has 0 radical (unpaired) electrons. The molecule has 0 aliphatic carbocycles. The van der Waals surface area contributed by atoms with Crippen LogP contribution in [-0.4, -0.2) is 20.7 Å². The van der Waals surface area contributed by atoms with Crippen LogP contribution in [0.3, 0.4) is 0 Å². The van der Waals surface area contributed by atoms with Gasteiger partial charge in [0.25, 0.3) is 5.91 Å². The Bertz CT molecular complexity index is 1120. The minimum atomic E-state index is -0.576. The molecule has 1 aromatic heterocycles. The van der Waals surface area contributed by atoms with Gasteiger partial charge in [0.1, 0.15) is 5.82 Å². The molecule has 0 aliphatic heterocycles. The first-order valence-electron chi connectivity index (χ1n) is 8.77.